The molecule has 7 nitrogen and oxygen atoms in total. The first-order chi connectivity index (χ1) is 14.1. The molecule has 164 valence electrons. The average molecular weight is 436 g/mol. The van der Waals surface area contributed by atoms with Crippen molar-refractivity contribution in [3.8, 4) is 0 Å². The SMILES string of the molecule is CCNCC1CCN(C(=O)c2ccc3c(c2)C(=O)N(CC2CCCO2)C3=O)CC1.Cl. The molecule has 0 bridgehead atoms. The molecule has 0 radical (unpaired) electrons. The Morgan fingerprint density at radius 2 is 1.87 bits per heavy atom. The number of halogens is 1. The fraction of sp³-hybridized carbons (Fsp3) is 0.591. The first kappa shape index (κ1) is 22.7. The van der Waals surface area contributed by atoms with Gasteiger partial charge in [0.15, 0.2) is 0 Å². The maximum absolute atomic E-state index is 12.9. The molecule has 1 aromatic rings. The van der Waals surface area contributed by atoms with Crippen LogP contribution in [0.15, 0.2) is 18.2 Å². The molecule has 3 heterocycles. The highest BCUT2D eigenvalue weighted by Gasteiger charge is 2.38. The smallest absolute Gasteiger partial charge is 0.261 e. The Morgan fingerprint density at radius 1 is 1.13 bits per heavy atom. The van der Waals surface area contributed by atoms with Gasteiger partial charge in [0, 0.05) is 25.3 Å². The topological polar surface area (TPSA) is 79.0 Å². The highest BCUT2D eigenvalue weighted by molar-refractivity contribution is 6.22. The van der Waals surface area contributed by atoms with Crippen LogP contribution in [0.1, 0.15) is 63.7 Å². The van der Waals surface area contributed by atoms with Crippen molar-refractivity contribution in [2.75, 3.05) is 39.3 Å². The molecule has 8 heteroatoms. The quantitative estimate of drug-likeness (QED) is 0.694. The first-order valence-corrected chi connectivity index (χ1v) is 10.7. The van der Waals surface area contributed by atoms with Crippen LogP contribution in [0.3, 0.4) is 0 Å². The molecule has 1 N–H and O–H groups in total. The largest absolute Gasteiger partial charge is 0.376 e. The zero-order valence-corrected chi connectivity index (χ0v) is 18.2. The van der Waals surface area contributed by atoms with E-state index in [2.05, 4.69) is 12.2 Å². The van der Waals surface area contributed by atoms with Crippen molar-refractivity contribution < 1.29 is 19.1 Å². The van der Waals surface area contributed by atoms with Crippen LogP contribution in [0.25, 0.3) is 0 Å². The maximum atomic E-state index is 12.9. The van der Waals surface area contributed by atoms with Gasteiger partial charge in [-0.15, -0.1) is 12.4 Å². The van der Waals surface area contributed by atoms with Gasteiger partial charge in [-0.05, 0) is 62.9 Å². The summed E-state index contributed by atoms with van der Waals surface area (Å²) in [5.74, 6) is -0.0691. The zero-order valence-electron chi connectivity index (χ0n) is 17.4. The molecule has 0 aliphatic carbocycles. The molecule has 30 heavy (non-hydrogen) atoms. The van der Waals surface area contributed by atoms with E-state index >= 15 is 0 Å². The van der Waals surface area contributed by atoms with Gasteiger partial charge in [0.25, 0.3) is 17.7 Å². The van der Waals surface area contributed by atoms with Crippen LogP contribution in [-0.2, 0) is 4.74 Å². The Hall–Kier alpha value is -1.96. The van der Waals surface area contributed by atoms with Crippen molar-refractivity contribution >= 4 is 30.1 Å². The van der Waals surface area contributed by atoms with Crippen molar-refractivity contribution in [2.24, 2.45) is 5.92 Å². The third-order valence-electron chi connectivity index (χ3n) is 6.21. The molecule has 3 aliphatic heterocycles. The molecule has 0 spiro atoms. The first-order valence-electron chi connectivity index (χ1n) is 10.7. The number of imide groups is 1. The van der Waals surface area contributed by atoms with Crippen molar-refractivity contribution in [3.63, 3.8) is 0 Å². The van der Waals surface area contributed by atoms with Gasteiger partial charge in [-0.3, -0.25) is 19.3 Å². The number of hydrogen-bond donors (Lipinski definition) is 1. The number of amides is 3. The predicted molar refractivity (Wildman–Crippen MR) is 115 cm³/mol. The summed E-state index contributed by atoms with van der Waals surface area (Å²) in [4.78, 5) is 41.5. The van der Waals surface area contributed by atoms with E-state index in [9.17, 15) is 14.4 Å². The zero-order chi connectivity index (χ0) is 20.4. The summed E-state index contributed by atoms with van der Waals surface area (Å²) in [6, 6.07) is 4.89. The minimum atomic E-state index is -0.320. The number of nitrogens with one attached hydrogen (secondary N) is 1. The van der Waals surface area contributed by atoms with Gasteiger partial charge < -0.3 is 15.0 Å². The summed E-state index contributed by atoms with van der Waals surface area (Å²) >= 11 is 0. The van der Waals surface area contributed by atoms with Crippen LogP contribution in [0, 0.1) is 5.92 Å². The fourth-order valence-electron chi connectivity index (χ4n) is 4.45. The molecular weight excluding hydrogens is 406 g/mol. The molecule has 3 amide bonds. The van der Waals surface area contributed by atoms with E-state index in [1.165, 1.54) is 4.90 Å². The van der Waals surface area contributed by atoms with Crippen LogP contribution in [0.5, 0.6) is 0 Å². The van der Waals surface area contributed by atoms with Crippen molar-refractivity contribution in [1.29, 1.82) is 0 Å². The lowest BCUT2D eigenvalue weighted by atomic mass is 9.96. The fourth-order valence-corrected chi connectivity index (χ4v) is 4.45. The summed E-state index contributed by atoms with van der Waals surface area (Å²) in [5, 5.41) is 3.37. The van der Waals surface area contributed by atoms with Gasteiger partial charge in [-0.1, -0.05) is 6.92 Å². The summed E-state index contributed by atoms with van der Waals surface area (Å²) in [7, 11) is 0. The summed E-state index contributed by atoms with van der Waals surface area (Å²) in [6.07, 6.45) is 3.70. The van der Waals surface area contributed by atoms with Crippen LogP contribution < -0.4 is 5.32 Å². The van der Waals surface area contributed by atoms with E-state index in [0.717, 1.165) is 51.9 Å². The van der Waals surface area contributed by atoms with Crippen LogP contribution in [-0.4, -0.2) is 73.0 Å². The summed E-state index contributed by atoms with van der Waals surface area (Å²) in [5.41, 5.74) is 1.20. The van der Waals surface area contributed by atoms with Crippen LogP contribution in [0.2, 0.25) is 0 Å². The minimum absolute atomic E-state index is 0. The molecule has 1 atom stereocenters. The van der Waals surface area contributed by atoms with Gasteiger partial charge in [0.1, 0.15) is 0 Å². The summed E-state index contributed by atoms with van der Waals surface area (Å²) in [6.45, 7) is 6.47. The maximum Gasteiger partial charge on any atom is 0.261 e. The van der Waals surface area contributed by atoms with E-state index in [1.807, 2.05) is 4.90 Å². The highest BCUT2D eigenvalue weighted by atomic mass is 35.5. The number of carbonyl (C=O) groups is 3. The number of likely N-dealkylation sites (tertiary alicyclic amines) is 1. The van der Waals surface area contributed by atoms with Crippen molar-refractivity contribution in [3.05, 3.63) is 34.9 Å². The number of rotatable bonds is 6. The third-order valence-corrected chi connectivity index (χ3v) is 6.21. The van der Waals surface area contributed by atoms with E-state index in [-0.39, 0.29) is 42.8 Å². The predicted octanol–water partition coefficient (Wildman–Crippen LogP) is 2.35. The third kappa shape index (κ3) is 4.53. The van der Waals surface area contributed by atoms with Gasteiger partial charge >= 0.3 is 0 Å². The lowest BCUT2D eigenvalue weighted by molar-refractivity contribution is 0.0475. The van der Waals surface area contributed by atoms with E-state index in [4.69, 9.17) is 4.74 Å². The lowest BCUT2D eigenvalue weighted by Crippen LogP contribution is -2.40. The molecule has 4 rings (SSSR count). The number of fused-ring (bicyclic) bond motifs is 1. The minimum Gasteiger partial charge on any atom is -0.376 e. The Balaban J connectivity index is 0.00000256. The Morgan fingerprint density at radius 3 is 2.53 bits per heavy atom. The molecule has 1 aromatic carbocycles. The van der Waals surface area contributed by atoms with Crippen LogP contribution >= 0.6 is 12.4 Å². The van der Waals surface area contributed by atoms with E-state index < -0.39 is 0 Å². The molecule has 2 saturated heterocycles. The van der Waals surface area contributed by atoms with Crippen molar-refractivity contribution in [1.82, 2.24) is 15.1 Å². The molecule has 1 unspecified atom stereocenters. The molecule has 0 saturated carbocycles. The standard InChI is InChI=1S/C22H29N3O4.ClH/c1-2-23-13-15-7-9-24(10-8-15)20(26)16-5-6-18-19(12-16)22(28)25(21(18)27)14-17-4-3-11-29-17;/h5-6,12,15,17,23H,2-4,7-11,13-14H2,1H3;1H. The summed E-state index contributed by atoms with van der Waals surface area (Å²) < 4.78 is 5.57. The van der Waals surface area contributed by atoms with E-state index in [1.54, 1.807) is 18.2 Å². The van der Waals surface area contributed by atoms with Crippen LogP contribution in [0.4, 0.5) is 0 Å². The second-order valence-electron chi connectivity index (χ2n) is 8.16. The number of carbonyl (C=O) groups excluding carboxylic acids is 3. The van der Waals surface area contributed by atoms with Gasteiger partial charge in [0.05, 0.1) is 23.8 Å². The highest BCUT2D eigenvalue weighted by Crippen LogP contribution is 2.27. The molecular formula is C22H30ClN3O4. The second-order valence-corrected chi connectivity index (χ2v) is 8.16. The average Bonchev–Trinajstić information content (AvgIpc) is 3.35. The molecule has 3 aliphatic rings. The van der Waals surface area contributed by atoms with Gasteiger partial charge in [-0.25, -0.2) is 0 Å². The Bertz CT molecular complexity index is 802. The Kier molecular flexibility index (Phi) is 7.50. The normalized spacial score (nSPS) is 21.7. The van der Waals surface area contributed by atoms with Crippen molar-refractivity contribution in [2.45, 2.75) is 38.7 Å². The number of hydrogen-bond acceptors (Lipinski definition) is 5. The van der Waals surface area contributed by atoms with Gasteiger partial charge in [-0.2, -0.15) is 0 Å². The number of piperidine rings is 1. The van der Waals surface area contributed by atoms with E-state index in [0.29, 0.717) is 29.2 Å². The Labute approximate surface area is 183 Å². The molecule has 2 fully saturated rings. The number of ether oxygens (including phenoxy) is 1. The second kappa shape index (κ2) is 9.90. The van der Waals surface area contributed by atoms with Gasteiger partial charge in [0.2, 0.25) is 0 Å². The number of nitrogens with zero attached hydrogens (tertiary/aromatic N) is 2. The molecule has 0 aromatic heterocycles. The monoisotopic (exact) mass is 435 g/mol. The lowest BCUT2D eigenvalue weighted by Gasteiger charge is -2.32. The number of benzene rings is 1.